The summed E-state index contributed by atoms with van der Waals surface area (Å²) in [6.07, 6.45) is 0.784. The van der Waals surface area contributed by atoms with Crippen LogP contribution in [0.25, 0.3) is 21.3 Å². The average Bonchev–Trinajstić information content (AvgIpc) is 3.22. The van der Waals surface area contributed by atoms with Crippen LogP contribution in [-0.4, -0.2) is 9.97 Å². The summed E-state index contributed by atoms with van der Waals surface area (Å²) < 4.78 is 0. The van der Waals surface area contributed by atoms with E-state index in [1.807, 2.05) is 48.5 Å². The summed E-state index contributed by atoms with van der Waals surface area (Å²) in [6.45, 7) is 2.08. The lowest BCUT2D eigenvalue weighted by molar-refractivity contribution is 0.860. The Labute approximate surface area is 205 Å². The molecule has 6 heteroatoms. The summed E-state index contributed by atoms with van der Waals surface area (Å²) in [7, 11) is 0. The van der Waals surface area contributed by atoms with Crippen molar-refractivity contribution >= 4 is 44.8 Å². The van der Waals surface area contributed by atoms with E-state index >= 15 is 0 Å². The van der Waals surface area contributed by atoms with Crippen molar-refractivity contribution in [2.45, 2.75) is 19.3 Å². The summed E-state index contributed by atoms with van der Waals surface area (Å²) in [5, 5.41) is 1.55. The molecule has 0 aliphatic heterocycles. The monoisotopic (exact) mass is 490 g/mol. The van der Waals surface area contributed by atoms with Crippen LogP contribution in [0.3, 0.4) is 0 Å². The molecule has 164 valence electrons. The number of aromatic nitrogens is 2. The van der Waals surface area contributed by atoms with E-state index in [4.69, 9.17) is 28.2 Å². The Morgan fingerprint density at radius 1 is 0.909 bits per heavy atom. The van der Waals surface area contributed by atoms with E-state index in [9.17, 15) is 4.79 Å². The molecule has 0 spiro atoms. The predicted molar refractivity (Wildman–Crippen MR) is 139 cm³/mol. The van der Waals surface area contributed by atoms with Gasteiger partial charge in [0.2, 0.25) is 0 Å². The Morgan fingerprint density at radius 2 is 1.55 bits per heavy atom. The highest BCUT2D eigenvalue weighted by Gasteiger charge is 2.23. The first kappa shape index (κ1) is 21.9. The van der Waals surface area contributed by atoms with E-state index in [1.165, 1.54) is 0 Å². The van der Waals surface area contributed by atoms with Crippen molar-refractivity contribution in [3.63, 3.8) is 0 Å². The summed E-state index contributed by atoms with van der Waals surface area (Å²) in [6, 6.07) is 25.7. The van der Waals surface area contributed by atoms with Crippen molar-refractivity contribution < 1.29 is 0 Å². The number of aromatic amines is 1. The maximum Gasteiger partial charge on any atom is 0.260 e. The van der Waals surface area contributed by atoms with Crippen LogP contribution in [0.5, 0.6) is 0 Å². The molecule has 3 nitrogen and oxygen atoms in total. The first-order valence-corrected chi connectivity index (χ1v) is 12.2. The second kappa shape index (κ2) is 9.14. The highest BCUT2D eigenvalue weighted by Crippen LogP contribution is 2.39. The Kier molecular flexibility index (Phi) is 6.07. The maximum absolute atomic E-state index is 13.5. The normalized spacial score (nSPS) is 11.4. The molecule has 0 saturated heterocycles. The van der Waals surface area contributed by atoms with Crippen molar-refractivity contribution in [1.82, 2.24) is 9.97 Å². The van der Waals surface area contributed by atoms with Gasteiger partial charge in [-0.15, -0.1) is 11.3 Å². The molecule has 2 heterocycles. The number of aryl methyl sites for hydroxylation is 1. The van der Waals surface area contributed by atoms with E-state index in [0.29, 0.717) is 21.3 Å². The standard InChI is InChI=1S/C27H20Cl2N2OS/c1-2-21-23(18-13-14-19(28)20(29)15-18)24-26(32)30-25(31-27(24)33-21)22(16-9-5-3-6-10-16)17-11-7-4-8-12-17/h3-15,22H,2H2,1H3,(H,30,31,32). The summed E-state index contributed by atoms with van der Waals surface area (Å²) in [4.78, 5) is 23.4. The number of hydrogen-bond donors (Lipinski definition) is 1. The summed E-state index contributed by atoms with van der Waals surface area (Å²) in [5.41, 5.74) is 3.75. The molecule has 0 fully saturated rings. The Hall–Kier alpha value is -2.92. The molecular weight excluding hydrogens is 471 g/mol. The Balaban J connectivity index is 1.74. The van der Waals surface area contributed by atoms with Crippen molar-refractivity contribution in [2.24, 2.45) is 0 Å². The van der Waals surface area contributed by atoms with Crippen LogP contribution < -0.4 is 5.56 Å². The van der Waals surface area contributed by atoms with Gasteiger partial charge in [-0.3, -0.25) is 4.79 Å². The number of nitrogens with zero attached hydrogens (tertiary/aromatic N) is 1. The third-order valence-corrected chi connectivity index (χ3v) is 7.69. The van der Waals surface area contributed by atoms with Crippen LogP contribution in [-0.2, 0) is 6.42 Å². The minimum absolute atomic E-state index is 0.149. The van der Waals surface area contributed by atoms with Crippen molar-refractivity contribution in [1.29, 1.82) is 0 Å². The minimum Gasteiger partial charge on any atom is -0.309 e. The lowest BCUT2D eigenvalue weighted by atomic mass is 9.90. The lowest BCUT2D eigenvalue weighted by Crippen LogP contribution is -2.16. The fourth-order valence-corrected chi connectivity index (χ4v) is 5.65. The van der Waals surface area contributed by atoms with Gasteiger partial charge >= 0.3 is 0 Å². The van der Waals surface area contributed by atoms with Crippen LogP contribution in [0.2, 0.25) is 10.0 Å². The molecule has 0 aliphatic rings. The van der Waals surface area contributed by atoms with Crippen LogP contribution >= 0.6 is 34.5 Å². The number of hydrogen-bond acceptors (Lipinski definition) is 3. The highest BCUT2D eigenvalue weighted by molar-refractivity contribution is 7.19. The van der Waals surface area contributed by atoms with Crippen LogP contribution in [0, 0.1) is 0 Å². The zero-order valence-corrected chi connectivity index (χ0v) is 20.1. The topological polar surface area (TPSA) is 45.8 Å². The van der Waals surface area contributed by atoms with E-state index in [2.05, 4.69) is 36.2 Å². The molecule has 0 atom stereocenters. The van der Waals surface area contributed by atoms with Gasteiger partial charge in [-0.25, -0.2) is 4.98 Å². The van der Waals surface area contributed by atoms with E-state index in [-0.39, 0.29) is 11.5 Å². The molecule has 3 aromatic carbocycles. The molecule has 0 radical (unpaired) electrons. The fraction of sp³-hybridized carbons (Fsp3) is 0.111. The first-order valence-electron chi connectivity index (χ1n) is 10.7. The Bertz CT molecular complexity index is 1450. The second-order valence-corrected chi connectivity index (χ2v) is 9.67. The number of nitrogens with one attached hydrogen (secondary N) is 1. The van der Waals surface area contributed by atoms with Gasteiger partial charge < -0.3 is 4.98 Å². The van der Waals surface area contributed by atoms with Gasteiger partial charge in [0.1, 0.15) is 10.7 Å². The number of fused-ring (bicyclic) bond motifs is 1. The van der Waals surface area contributed by atoms with Gasteiger partial charge in [0.05, 0.1) is 21.3 Å². The summed E-state index contributed by atoms with van der Waals surface area (Å²) >= 11 is 14.0. The van der Waals surface area contributed by atoms with E-state index in [1.54, 1.807) is 17.4 Å². The zero-order chi connectivity index (χ0) is 22.9. The number of H-pyrrole nitrogens is 1. The van der Waals surface area contributed by atoms with Gasteiger partial charge in [-0.2, -0.15) is 0 Å². The fourth-order valence-electron chi connectivity index (χ4n) is 4.21. The predicted octanol–water partition coefficient (Wildman–Crippen LogP) is 7.70. The molecule has 0 saturated carbocycles. The molecule has 5 aromatic rings. The first-order chi connectivity index (χ1) is 16.1. The smallest absolute Gasteiger partial charge is 0.260 e. The Morgan fingerprint density at radius 3 is 2.12 bits per heavy atom. The van der Waals surface area contributed by atoms with Crippen molar-refractivity contribution in [2.75, 3.05) is 0 Å². The third-order valence-electron chi connectivity index (χ3n) is 5.72. The molecule has 1 N–H and O–H groups in total. The van der Waals surface area contributed by atoms with Crippen LogP contribution in [0.4, 0.5) is 0 Å². The van der Waals surface area contributed by atoms with Gasteiger partial charge in [-0.1, -0.05) is 96.9 Å². The molecule has 0 unspecified atom stereocenters. The number of benzene rings is 3. The van der Waals surface area contributed by atoms with Gasteiger partial charge in [0, 0.05) is 10.4 Å². The maximum atomic E-state index is 13.5. The molecule has 5 rings (SSSR count). The highest BCUT2D eigenvalue weighted by atomic mass is 35.5. The van der Waals surface area contributed by atoms with Crippen LogP contribution in [0.15, 0.2) is 83.7 Å². The van der Waals surface area contributed by atoms with E-state index < -0.39 is 0 Å². The quantitative estimate of drug-likeness (QED) is 0.274. The van der Waals surface area contributed by atoms with Gasteiger partial charge in [0.25, 0.3) is 5.56 Å². The zero-order valence-electron chi connectivity index (χ0n) is 17.8. The lowest BCUT2D eigenvalue weighted by Gasteiger charge is -2.17. The summed E-state index contributed by atoms with van der Waals surface area (Å²) in [5.74, 6) is 0.458. The molecule has 0 amide bonds. The van der Waals surface area contributed by atoms with Crippen molar-refractivity contribution in [3.05, 3.63) is 121 Å². The number of thiophene rings is 1. The molecule has 2 aromatic heterocycles. The van der Waals surface area contributed by atoms with Crippen LogP contribution in [0.1, 0.15) is 34.7 Å². The van der Waals surface area contributed by atoms with Gasteiger partial charge in [0.15, 0.2) is 0 Å². The molecular formula is C27H20Cl2N2OS. The second-order valence-electron chi connectivity index (χ2n) is 7.77. The largest absolute Gasteiger partial charge is 0.309 e. The van der Waals surface area contributed by atoms with E-state index in [0.717, 1.165) is 38.4 Å². The van der Waals surface area contributed by atoms with Crippen molar-refractivity contribution in [3.8, 4) is 11.1 Å². The SMILES string of the molecule is CCc1sc2nc(C(c3ccccc3)c3ccccc3)[nH]c(=O)c2c1-c1ccc(Cl)c(Cl)c1. The minimum atomic E-state index is -0.176. The molecule has 0 aliphatic carbocycles. The van der Waals surface area contributed by atoms with Gasteiger partial charge in [-0.05, 0) is 35.2 Å². The molecule has 0 bridgehead atoms. The average molecular weight is 491 g/mol. The number of rotatable bonds is 5. The molecule has 33 heavy (non-hydrogen) atoms. The third kappa shape index (κ3) is 4.10. The number of halogens is 2.